The second-order valence-electron chi connectivity index (χ2n) is 4.02. The van der Waals surface area contributed by atoms with E-state index in [0.717, 1.165) is 5.56 Å². The molecule has 0 saturated heterocycles. The van der Waals surface area contributed by atoms with E-state index in [9.17, 15) is 0 Å². The number of hydrogen-bond donors (Lipinski definition) is 2. The largest absolute Gasteiger partial charge is 0.494 e. The van der Waals surface area contributed by atoms with Crippen LogP contribution in [0, 0.1) is 0 Å². The van der Waals surface area contributed by atoms with Gasteiger partial charge in [-0.25, -0.2) is 0 Å². The molecule has 0 amide bonds. The number of nitrogens with two attached hydrogens (primary N) is 2. The Labute approximate surface area is 90.2 Å². The van der Waals surface area contributed by atoms with Crippen molar-refractivity contribution in [3.8, 4) is 11.5 Å². The highest BCUT2D eigenvalue weighted by atomic mass is 16.5. The standard InChI is InChI=1S/C11H18N2O2/c1-11(2,13)7-5-8(14-3)10(12)9(6-7)15-4/h5-6H,12-13H2,1-4H3. The highest BCUT2D eigenvalue weighted by Gasteiger charge is 2.18. The Morgan fingerprint density at radius 3 is 1.73 bits per heavy atom. The van der Waals surface area contributed by atoms with Crippen LogP contribution in [-0.2, 0) is 5.54 Å². The maximum absolute atomic E-state index is 6.00. The molecule has 0 aliphatic heterocycles. The van der Waals surface area contributed by atoms with Crippen molar-refractivity contribution in [1.29, 1.82) is 0 Å². The van der Waals surface area contributed by atoms with Crippen molar-refractivity contribution in [1.82, 2.24) is 0 Å². The minimum absolute atomic E-state index is 0.450. The molecule has 84 valence electrons. The lowest BCUT2D eigenvalue weighted by atomic mass is 9.95. The fourth-order valence-corrected chi connectivity index (χ4v) is 1.31. The van der Waals surface area contributed by atoms with Crippen LogP contribution in [0.2, 0.25) is 0 Å². The first-order valence-corrected chi connectivity index (χ1v) is 4.71. The molecule has 0 bridgehead atoms. The molecule has 0 aliphatic rings. The van der Waals surface area contributed by atoms with Crippen molar-refractivity contribution < 1.29 is 9.47 Å². The molecule has 0 unspecified atom stereocenters. The highest BCUT2D eigenvalue weighted by Crippen LogP contribution is 2.35. The summed E-state index contributed by atoms with van der Waals surface area (Å²) < 4.78 is 10.3. The van der Waals surface area contributed by atoms with Crippen LogP contribution in [0.15, 0.2) is 12.1 Å². The Kier molecular flexibility index (Phi) is 3.09. The van der Waals surface area contributed by atoms with Gasteiger partial charge in [-0.1, -0.05) is 0 Å². The molecule has 0 heterocycles. The lowest BCUT2D eigenvalue weighted by Crippen LogP contribution is -2.28. The minimum atomic E-state index is -0.450. The van der Waals surface area contributed by atoms with E-state index in [1.165, 1.54) is 0 Å². The highest BCUT2D eigenvalue weighted by molar-refractivity contribution is 5.65. The minimum Gasteiger partial charge on any atom is -0.494 e. The van der Waals surface area contributed by atoms with Crippen LogP contribution in [0.1, 0.15) is 19.4 Å². The number of nitrogen functional groups attached to an aromatic ring is 1. The molecule has 1 aromatic rings. The maximum Gasteiger partial charge on any atom is 0.145 e. The van der Waals surface area contributed by atoms with Gasteiger partial charge in [0, 0.05) is 5.54 Å². The van der Waals surface area contributed by atoms with Crippen LogP contribution < -0.4 is 20.9 Å². The van der Waals surface area contributed by atoms with Crippen molar-refractivity contribution in [2.45, 2.75) is 19.4 Å². The molecule has 0 saturated carbocycles. The summed E-state index contributed by atoms with van der Waals surface area (Å²) in [5, 5.41) is 0. The summed E-state index contributed by atoms with van der Waals surface area (Å²) in [6, 6.07) is 3.66. The summed E-state index contributed by atoms with van der Waals surface area (Å²) in [5.74, 6) is 1.17. The van der Waals surface area contributed by atoms with Gasteiger partial charge in [0.1, 0.15) is 17.2 Å². The van der Waals surface area contributed by atoms with Crippen molar-refractivity contribution in [3.63, 3.8) is 0 Å². The lowest BCUT2D eigenvalue weighted by molar-refractivity contribution is 0.394. The zero-order chi connectivity index (χ0) is 11.6. The van der Waals surface area contributed by atoms with Crippen molar-refractivity contribution in [3.05, 3.63) is 17.7 Å². The topological polar surface area (TPSA) is 70.5 Å². The van der Waals surface area contributed by atoms with Gasteiger partial charge in [0.15, 0.2) is 0 Å². The third-order valence-electron chi connectivity index (χ3n) is 2.29. The first-order valence-electron chi connectivity index (χ1n) is 4.71. The Bertz CT molecular complexity index is 331. The van der Waals surface area contributed by atoms with E-state index in [4.69, 9.17) is 20.9 Å². The maximum atomic E-state index is 6.00. The molecular weight excluding hydrogens is 192 g/mol. The van der Waals surface area contributed by atoms with Crippen LogP contribution in [0.5, 0.6) is 11.5 Å². The van der Waals surface area contributed by atoms with E-state index in [2.05, 4.69) is 0 Å². The van der Waals surface area contributed by atoms with E-state index >= 15 is 0 Å². The molecule has 15 heavy (non-hydrogen) atoms. The molecule has 1 rings (SSSR count). The van der Waals surface area contributed by atoms with Gasteiger partial charge in [-0.15, -0.1) is 0 Å². The van der Waals surface area contributed by atoms with Gasteiger partial charge in [0.05, 0.1) is 14.2 Å². The number of ether oxygens (including phenoxy) is 2. The summed E-state index contributed by atoms with van der Waals surface area (Å²) in [5.41, 5.74) is 12.8. The number of hydrogen-bond acceptors (Lipinski definition) is 4. The molecule has 0 fully saturated rings. The monoisotopic (exact) mass is 210 g/mol. The summed E-state index contributed by atoms with van der Waals surface area (Å²) in [6.45, 7) is 3.83. The summed E-state index contributed by atoms with van der Waals surface area (Å²) in [7, 11) is 3.14. The van der Waals surface area contributed by atoms with Crippen LogP contribution in [0.3, 0.4) is 0 Å². The second kappa shape index (κ2) is 3.98. The molecule has 4 nitrogen and oxygen atoms in total. The van der Waals surface area contributed by atoms with Crippen molar-refractivity contribution in [2.75, 3.05) is 20.0 Å². The van der Waals surface area contributed by atoms with Crippen molar-refractivity contribution in [2.24, 2.45) is 5.73 Å². The normalized spacial score (nSPS) is 11.3. The Hall–Kier alpha value is -1.42. The van der Waals surface area contributed by atoms with Gasteiger partial charge < -0.3 is 20.9 Å². The lowest BCUT2D eigenvalue weighted by Gasteiger charge is -2.21. The van der Waals surface area contributed by atoms with Gasteiger partial charge in [-0.2, -0.15) is 0 Å². The van der Waals surface area contributed by atoms with Gasteiger partial charge in [-0.3, -0.25) is 0 Å². The Morgan fingerprint density at radius 2 is 1.47 bits per heavy atom. The molecule has 4 N–H and O–H groups in total. The summed E-state index contributed by atoms with van der Waals surface area (Å²) in [6.07, 6.45) is 0. The third-order valence-corrected chi connectivity index (χ3v) is 2.29. The van der Waals surface area contributed by atoms with E-state index in [1.54, 1.807) is 14.2 Å². The van der Waals surface area contributed by atoms with Crippen LogP contribution >= 0.6 is 0 Å². The van der Waals surface area contributed by atoms with Gasteiger partial charge in [-0.05, 0) is 31.5 Å². The molecule has 4 heteroatoms. The molecule has 0 aliphatic carbocycles. The Balaban J connectivity index is 3.33. The average molecular weight is 210 g/mol. The zero-order valence-electron chi connectivity index (χ0n) is 9.63. The van der Waals surface area contributed by atoms with Crippen LogP contribution in [0.4, 0.5) is 5.69 Å². The molecule has 0 radical (unpaired) electrons. The molecule has 0 aromatic heterocycles. The van der Waals surface area contributed by atoms with Crippen LogP contribution in [-0.4, -0.2) is 14.2 Å². The third kappa shape index (κ3) is 2.33. The van der Waals surface area contributed by atoms with E-state index < -0.39 is 5.54 Å². The Morgan fingerprint density at radius 1 is 1.07 bits per heavy atom. The number of methoxy groups -OCH3 is 2. The number of benzene rings is 1. The SMILES string of the molecule is COc1cc(C(C)(C)N)cc(OC)c1N. The second-order valence-corrected chi connectivity index (χ2v) is 4.02. The predicted molar refractivity (Wildman–Crippen MR) is 61.2 cm³/mol. The smallest absolute Gasteiger partial charge is 0.145 e. The molecular formula is C11H18N2O2. The van der Waals surface area contributed by atoms with Crippen molar-refractivity contribution >= 4 is 5.69 Å². The molecule has 0 spiro atoms. The molecule has 0 atom stereocenters. The molecule has 1 aromatic carbocycles. The first kappa shape index (κ1) is 11.7. The fraction of sp³-hybridized carbons (Fsp3) is 0.455. The number of anilines is 1. The van der Waals surface area contributed by atoms with E-state index in [0.29, 0.717) is 17.2 Å². The van der Waals surface area contributed by atoms with E-state index in [1.807, 2.05) is 26.0 Å². The summed E-state index contributed by atoms with van der Waals surface area (Å²) in [4.78, 5) is 0. The van der Waals surface area contributed by atoms with Gasteiger partial charge in [0.25, 0.3) is 0 Å². The average Bonchev–Trinajstić information content (AvgIpc) is 2.16. The first-order chi connectivity index (χ1) is 6.90. The quantitative estimate of drug-likeness (QED) is 0.741. The van der Waals surface area contributed by atoms with Gasteiger partial charge in [0.2, 0.25) is 0 Å². The predicted octanol–water partition coefficient (Wildman–Crippen LogP) is 1.48. The summed E-state index contributed by atoms with van der Waals surface area (Å²) >= 11 is 0. The van der Waals surface area contributed by atoms with Crippen LogP contribution in [0.25, 0.3) is 0 Å². The van der Waals surface area contributed by atoms with E-state index in [-0.39, 0.29) is 0 Å². The number of rotatable bonds is 3. The fourth-order valence-electron chi connectivity index (χ4n) is 1.31. The zero-order valence-corrected chi connectivity index (χ0v) is 9.63. The van der Waals surface area contributed by atoms with Gasteiger partial charge >= 0.3 is 0 Å².